The van der Waals surface area contributed by atoms with E-state index in [-0.39, 0.29) is 45.2 Å². The third kappa shape index (κ3) is 16.9. The monoisotopic (exact) mass is 1000 g/mol. The smallest absolute Gasteiger partial charge is 0.246 e. The van der Waals surface area contributed by atoms with Crippen molar-refractivity contribution in [3.8, 4) is 16.2 Å². The molecule has 5 aromatic rings. The van der Waals surface area contributed by atoms with Crippen LogP contribution >= 0.6 is 11.3 Å². The van der Waals surface area contributed by atoms with Crippen LogP contribution in [-0.4, -0.2) is 142 Å². The second-order valence-electron chi connectivity index (χ2n) is 18.9. The van der Waals surface area contributed by atoms with E-state index in [4.69, 9.17) is 23.7 Å². The molecule has 3 atom stereocenters. The number of amides is 3. The fourth-order valence-electron chi connectivity index (χ4n) is 8.46. The number of hydrogen-bond donors (Lipinski definition) is 3. The first kappa shape index (κ1) is 55.5. The minimum absolute atomic E-state index is 0.00940. The van der Waals surface area contributed by atoms with Gasteiger partial charge in [0.25, 0.3) is 0 Å². The summed E-state index contributed by atoms with van der Waals surface area (Å²) in [6.45, 7) is 14.4. The summed E-state index contributed by atoms with van der Waals surface area (Å²) in [5, 5.41) is 16.3. The molecule has 15 heteroatoms. The van der Waals surface area contributed by atoms with Gasteiger partial charge in [-0.05, 0) is 76.9 Å². The van der Waals surface area contributed by atoms with Crippen molar-refractivity contribution in [3.63, 3.8) is 0 Å². The SMILES string of the molecule is CC/C(=C(\c1ccccc1)c1ccc(OCCN(C)CCOCCOCCOCCOCC(=O)N[C@H](C(=O)N2C[C@H](O)C[C@H]2C(=O)NCc2ccc(-c3scnc3C)cc2)C(C)(C)C)cc1)c1ccccc1. The second-order valence-corrected chi connectivity index (χ2v) is 19.8. The highest BCUT2D eigenvalue weighted by Crippen LogP contribution is 2.35. The lowest BCUT2D eigenvalue weighted by atomic mass is 9.85. The number of benzene rings is 4. The molecule has 6 rings (SSSR count). The summed E-state index contributed by atoms with van der Waals surface area (Å²) in [6.07, 6.45) is 0.151. The topological polar surface area (TPSA) is 161 Å². The van der Waals surface area contributed by atoms with Crippen LogP contribution in [0.25, 0.3) is 21.6 Å². The molecule has 386 valence electrons. The van der Waals surface area contributed by atoms with Crippen molar-refractivity contribution >= 4 is 40.2 Å². The van der Waals surface area contributed by atoms with Crippen molar-refractivity contribution in [2.45, 2.75) is 72.2 Å². The molecule has 14 nitrogen and oxygen atoms in total. The van der Waals surface area contributed by atoms with E-state index in [0.29, 0.717) is 39.6 Å². The maximum absolute atomic E-state index is 13.9. The number of aliphatic hydroxyl groups excluding tert-OH is 1. The Hall–Kier alpha value is -5.78. The first-order valence-electron chi connectivity index (χ1n) is 24.9. The van der Waals surface area contributed by atoms with Crippen LogP contribution in [0.2, 0.25) is 0 Å². The first-order chi connectivity index (χ1) is 34.8. The molecule has 0 unspecified atom stereocenters. The van der Waals surface area contributed by atoms with Gasteiger partial charge in [-0.1, -0.05) is 125 Å². The highest BCUT2D eigenvalue weighted by atomic mass is 32.1. The number of carbonyl (C=O) groups is 3. The number of ether oxygens (including phenoxy) is 5. The lowest BCUT2D eigenvalue weighted by molar-refractivity contribution is -0.144. The number of aliphatic hydroxyl groups is 1. The number of nitrogens with one attached hydrogen (secondary N) is 2. The predicted molar refractivity (Wildman–Crippen MR) is 283 cm³/mol. The van der Waals surface area contributed by atoms with Crippen LogP contribution in [0.5, 0.6) is 5.75 Å². The molecule has 4 aromatic carbocycles. The molecule has 0 radical (unpaired) electrons. The van der Waals surface area contributed by atoms with Crippen LogP contribution in [0.15, 0.2) is 115 Å². The summed E-state index contributed by atoms with van der Waals surface area (Å²) in [5.41, 5.74) is 10.2. The number of likely N-dealkylation sites (N-methyl/N-ethyl adjacent to an activating group) is 1. The van der Waals surface area contributed by atoms with Crippen molar-refractivity contribution in [3.05, 3.63) is 143 Å². The first-order valence-corrected chi connectivity index (χ1v) is 25.8. The van der Waals surface area contributed by atoms with Gasteiger partial charge in [0.1, 0.15) is 31.0 Å². The zero-order valence-electron chi connectivity index (χ0n) is 42.8. The summed E-state index contributed by atoms with van der Waals surface area (Å²) in [4.78, 5) is 49.3. The third-order valence-electron chi connectivity index (χ3n) is 12.4. The zero-order chi connectivity index (χ0) is 51.3. The lowest BCUT2D eigenvalue weighted by Gasteiger charge is -2.35. The molecule has 1 aliphatic rings. The second kappa shape index (κ2) is 28.5. The van der Waals surface area contributed by atoms with Crippen molar-refractivity contribution < 1.29 is 43.2 Å². The predicted octanol–water partition coefficient (Wildman–Crippen LogP) is 7.67. The zero-order valence-corrected chi connectivity index (χ0v) is 43.6. The molecule has 0 aliphatic carbocycles. The molecule has 1 fully saturated rings. The number of carbonyl (C=O) groups excluding carboxylic acids is 3. The fourth-order valence-corrected chi connectivity index (χ4v) is 9.27. The number of aromatic nitrogens is 1. The van der Waals surface area contributed by atoms with E-state index in [1.165, 1.54) is 27.2 Å². The number of hydrogen-bond acceptors (Lipinski definition) is 12. The lowest BCUT2D eigenvalue weighted by Crippen LogP contribution is -2.58. The van der Waals surface area contributed by atoms with E-state index in [1.54, 1.807) is 11.3 Å². The summed E-state index contributed by atoms with van der Waals surface area (Å²) in [7, 11) is 2.05. The van der Waals surface area contributed by atoms with E-state index in [9.17, 15) is 19.5 Å². The number of likely N-dealkylation sites (tertiary alicyclic amines) is 1. The Morgan fingerprint density at radius 2 is 1.36 bits per heavy atom. The Balaban J connectivity index is 0.795. The number of β-amino-alcohol motifs (C(OH)–C–C–N with tert-alkyl or cyclic N) is 1. The fraction of sp³-hybridized carbons (Fsp3) is 0.439. The Morgan fingerprint density at radius 3 is 1.96 bits per heavy atom. The molecule has 2 heterocycles. The van der Waals surface area contributed by atoms with Crippen molar-refractivity contribution in [1.29, 1.82) is 0 Å². The van der Waals surface area contributed by atoms with E-state index in [0.717, 1.165) is 52.5 Å². The largest absolute Gasteiger partial charge is 0.492 e. The molecule has 1 aromatic heterocycles. The van der Waals surface area contributed by atoms with Crippen LogP contribution in [0.4, 0.5) is 0 Å². The molecule has 0 spiro atoms. The Bertz CT molecular complexity index is 2460. The maximum atomic E-state index is 13.9. The molecule has 1 aliphatic heterocycles. The van der Waals surface area contributed by atoms with Crippen LogP contribution < -0.4 is 15.4 Å². The van der Waals surface area contributed by atoms with Gasteiger partial charge in [-0.3, -0.25) is 14.4 Å². The number of thiazole rings is 1. The highest BCUT2D eigenvalue weighted by molar-refractivity contribution is 7.13. The maximum Gasteiger partial charge on any atom is 0.246 e. The van der Waals surface area contributed by atoms with Gasteiger partial charge >= 0.3 is 0 Å². The molecular weight excluding hydrogens is 931 g/mol. The molecular formula is C57H73N5O9S. The van der Waals surface area contributed by atoms with E-state index in [2.05, 4.69) is 94.2 Å². The summed E-state index contributed by atoms with van der Waals surface area (Å²) in [6, 6.07) is 35.6. The van der Waals surface area contributed by atoms with Crippen LogP contribution in [-0.2, 0) is 39.9 Å². The molecule has 0 saturated carbocycles. The van der Waals surface area contributed by atoms with Gasteiger partial charge in [0, 0.05) is 32.6 Å². The van der Waals surface area contributed by atoms with E-state index in [1.807, 2.05) is 82.7 Å². The molecule has 0 bridgehead atoms. The normalized spacial score (nSPS) is 15.6. The minimum Gasteiger partial charge on any atom is -0.492 e. The van der Waals surface area contributed by atoms with E-state index >= 15 is 0 Å². The molecule has 72 heavy (non-hydrogen) atoms. The number of nitrogens with zero attached hydrogens (tertiary/aromatic N) is 3. The molecule has 1 saturated heterocycles. The minimum atomic E-state index is -0.955. The van der Waals surface area contributed by atoms with Crippen LogP contribution in [0.1, 0.15) is 68.5 Å². The number of rotatable bonds is 28. The number of allylic oxidation sites excluding steroid dienone is 1. The van der Waals surface area contributed by atoms with E-state index < -0.39 is 35.4 Å². The molecule has 3 N–H and O–H groups in total. The van der Waals surface area contributed by atoms with Crippen molar-refractivity contribution in [2.24, 2.45) is 5.41 Å². The number of aryl methyl sites for hydroxylation is 1. The molecule has 3 amide bonds. The average Bonchev–Trinajstić information content (AvgIpc) is 4.00. The summed E-state index contributed by atoms with van der Waals surface area (Å²) >= 11 is 1.58. The van der Waals surface area contributed by atoms with Gasteiger partial charge in [-0.15, -0.1) is 11.3 Å². The highest BCUT2D eigenvalue weighted by Gasteiger charge is 2.44. The van der Waals surface area contributed by atoms with Gasteiger partial charge < -0.3 is 49.2 Å². The van der Waals surface area contributed by atoms with Gasteiger partial charge in [0.15, 0.2) is 0 Å². The summed E-state index contributed by atoms with van der Waals surface area (Å²) in [5.74, 6) is -0.438. The Kier molecular flexibility index (Phi) is 21.9. The Morgan fingerprint density at radius 1 is 0.778 bits per heavy atom. The van der Waals surface area contributed by atoms with Crippen LogP contribution in [0.3, 0.4) is 0 Å². The van der Waals surface area contributed by atoms with Gasteiger partial charge in [-0.2, -0.15) is 0 Å². The standard InChI is InChI=1S/C57H73N5O9S/c1-7-49(43-14-10-8-11-15-43)52(44-16-12-9-13-17-44)45-22-24-48(25-23-45)71-29-27-61(6)26-28-67-30-31-68-32-33-69-34-35-70-39-51(64)60-54(57(3,4)5)56(66)62-38-47(63)36-50(62)55(65)58-37-42-18-20-46(21-19-42)53-41(2)59-40-72-53/h8-25,40,47,50,54,63H,7,26-39H2,1-6H3,(H,58,65)(H,60,64)/b52-49-/t47-,50+,54-/m1/s1. The van der Waals surface area contributed by atoms with Crippen molar-refractivity contribution in [1.82, 2.24) is 25.4 Å². The van der Waals surface area contributed by atoms with Crippen molar-refractivity contribution in [2.75, 3.05) is 86.1 Å². The van der Waals surface area contributed by atoms with Gasteiger partial charge in [-0.25, -0.2) is 4.98 Å². The average molecular weight is 1000 g/mol. The third-order valence-corrected chi connectivity index (χ3v) is 13.4. The van der Waals surface area contributed by atoms with Gasteiger partial charge in [0.2, 0.25) is 17.7 Å². The Labute approximate surface area is 429 Å². The van der Waals surface area contributed by atoms with Crippen LogP contribution in [0, 0.1) is 12.3 Å². The van der Waals surface area contributed by atoms with Gasteiger partial charge in [0.05, 0.1) is 68.4 Å². The summed E-state index contributed by atoms with van der Waals surface area (Å²) < 4.78 is 28.7. The quantitative estimate of drug-likeness (QED) is 0.0333.